The molecule has 1 N–H and O–H groups in total. The zero-order valence-electron chi connectivity index (χ0n) is 11.8. The molecule has 0 spiro atoms. The summed E-state index contributed by atoms with van der Waals surface area (Å²) >= 11 is 0. The van der Waals surface area contributed by atoms with Crippen LogP contribution < -0.4 is 5.32 Å². The van der Waals surface area contributed by atoms with Crippen molar-refractivity contribution in [3.63, 3.8) is 0 Å². The van der Waals surface area contributed by atoms with Gasteiger partial charge in [0.2, 0.25) is 0 Å². The molecule has 0 saturated carbocycles. The average molecular weight is 258 g/mol. The van der Waals surface area contributed by atoms with Gasteiger partial charge < -0.3 is 5.32 Å². The molecule has 0 aromatic carbocycles. The fraction of sp³-hybridized carbons (Fsp3) is 0.467. The van der Waals surface area contributed by atoms with Crippen molar-refractivity contribution < 1.29 is 0 Å². The van der Waals surface area contributed by atoms with E-state index in [1.165, 1.54) is 11.3 Å². The van der Waals surface area contributed by atoms with Crippen LogP contribution >= 0.6 is 0 Å². The monoisotopic (exact) mass is 258 g/mol. The van der Waals surface area contributed by atoms with Crippen molar-refractivity contribution in [3.8, 4) is 0 Å². The first-order valence-corrected chi connectivity index (χ1v) is 6.86. The van der Waals surface area contributed by atoms with E-state index in [9.17, 15) is 0 Å². The molecule has 4 heteroatoms. The Morgan fingerprint density at radius 2 is 2.16 bits per heavy atom. The summed E-state index contributed by atoms with van der Waals surface area (Å²) in [5, 5.41) is 7.92. The van der Waals surface area contributed by atoms with Crippen molar-refractivity contribution in [2.45, 2.75) is 33.2 Å². The predicted molar refractivity (Wildman–Crippen MR) is 77.1 cm³/mol. The second-order valence-corrected chi connectivity index (χ2v) is 4.87. The van der Waals surface area contributed by atoms with Crippen molar-refractivity contribution in [1.82, 2.24) is 20.1 Å². The van der Waals surface area contributed by atoms with E-state index in [-0.39, 0.29) is 0 Å². The summed E-state index contributed by atoms with van der Waals surface area (Å²) in [5.41, 5.74) is 3.63. The third kappa shape index (κ3) is 4.48. The van der Waals surface area contributed by atoms with Gasteiger partial charge in [-0.1, -0.05) is 6.07 Å². The number of nitrogens with zero attached hydrogens (tertiary/aromatic N) is 3. The molecule has 2 aromatic rings. The molecule has 0 aliphatic carbocycles. The number of pyridine rings is 1. The van der Waals surface area contributed by atoms with E-state index >= 15 is 0 Å². The van der Waals surface area contributed by atoms with Gasteiger partial charge in [0.05, 0.1) is 5.69 Å². The lowest BCUT2D eigenvalue weighted by molar-refractivity contribution is 0.533. The molecule has 102 valence electrons. The maximum Gasteiger partial charge on any atom is 0.0596 e. The Morgan fingerprint density at radius 1 is 1.26 bits per heavy atom. The van der Waals surface area contributed by atoms with Crippen LogP contribution in [0.15, 0.2) is 30.6 Å². The zero-order chi connectivity index (χ0) is 13.5. The largest absolute Gasteiger partial charge is 0.316 e. The minimum Gasteiger partial charge on any atom is -0.316 e. The Balaban J connectivity index is 1.59. The normalized spacial score (nSPS) is 10.8. The van der Waals surface area contributed by atoms with Crippen molar-refractivity contribution >= 4 is 0 Å². The van der Waals surface area contributed by atoms with E-state index in [4.69, 9.17) is 0 Å². The summed E-state index contributed by atoms with van der Waals surface area (Å²) in [6.07, 6.45) is 5.88. The van der Waals surface area contributed by atoms with Crippen LogP contribution in [0, 0.1) is 13.8 Å². The van der Waals surface area contributed by atoms with E-state index in [0.717, 1.165) is 38.2 Å². The molecule has 0 unspecified atom stereocenters. The van der Waals surface area contributed by atoms with Crippen LogP contribution in [0.1, 0.15) is 23.4 Å². The maximum atomic E-state index is 4.46. The molecule has 4 nitrogen and oxygen atoms in total. The summed E-state index contributed by atoms with van der Waals surface area (Å²) in [4.78, 5) is 4.11. The Kier molecular flexibility index (Phi) is 5.10. The lowest BCUT2D eigenvalue weighted by atomic mass is 10.2. The highest BCUT2D eigenvalue weighted by Gasteiger charge is 1.99. The average Bonchev–Trinajstić information content (AvgIpc) is 2.73. The Morgan fingerprint density at radius 3 is 2.84 bits per heavy atom. The van der Waals surface area contributed by atoms with Crippen LogP contribution in [0.3, 0.4) is 0 Å². The highest BCUT2D eigenvalue weighted by molar-refractivity contribution is 5.08. The van der Waals surface area contributed by atoms with E-state index < -0.39 is 0 Å². The molecular weight excluding hydrogens is 236 g/mol. The van der Waals surface area contributed by atoms with Crippen LogP contribution in [-0.4, -0.2) is 27.9 Å². The minimum atomic E-state index is 0.986. The van der Waals surface area contributed by atoms with Gasteiger partial charge >= 0.3 is 0 Å². The smallest absolute Gasteiger partial charge is 0.0596 e. The lowest BCUT2D eigenvalue weighted by Crippen LogP contribution is -2.20. The molecule has 2 rings (SSSR count). The lowest BCUT2D eigenvalue weighted by Gasteiger charge is -2.06. The van der Waals surface area contributed by atoms with Gasteiger partial charge in [-0.2, -0.15) is 5.10 Å². The number of aryl methyl sites for hydroxylation is 3. The summed E-state index contributed by atoms with van der Waals surface area (Å²) < 4.78 is 2.08. The molecule has 0 aliphatic heterocycles. The first-order chi connectivity index (χ1) is 9.25. The summed E-state index contributed by atoms with van der Waals surface area (Å²) in [6.45, 7) is 7.16. The Hall–Kier alpha value is -1.68. The van der Waals surface area contributed by atoms with Gasteiger partial charge in [0.15, 0.2) is 0 Å². The molecular formula is C15H22N4. The van der Waals surface area contributed by atoms with Gasteiger partial charge in [-0.25, -0.2) is 0 Å². The quantitative estimate of drug-likeness (QED) is 0.774. The highest BCUT2D eigenvalue weighted by atomic mass is 15.3. The van der Waals surface area contributed by atoms with Gasteiger partial charge in [-0.3, -0.25) is 9.67 Å². The third-order valence-electron chi connectivity index (χ3n) is 3.14. The van der Waals surface area contributed by atoms with E-state index in [2.05, 4.69) is 39.1 Å². The summed E-state index contributed by atoms with van der Waals surface area (Å²) in [6, 6.07) is 6.22. The third-order valence-corrected chi connectivity index (χ3v) is 3.14. The van der Waals surface area contributed by atoms with Gasteiger partial charge in [0.1, 0.15) is 0 Å². The minimum absolute atomic E-state index is 0.986. The number of aromatic nitrogens is 3. The topological polar surface area (TPSA) is 42.7 Å². The summed E-state index contributed by atoms with van der Waals surface area (Å²) in [5.74, 6) is 0. The van der Waals surface area contributed by atoms with Crippen molar-refractivity contribution in [2.75, 3.05) is 13.1 Å². The molecule has 0 radical (unpaired) electrons. The summed E-state index contributed by atoms with van der Waals surface area (Å²) in [7, 11) is 0. The van der Waals surface area contributed by atoms with Crippen LogP contribution in [0.4, 0.5) is 0 Å². The first-order valence-electron chi connectivity index (χ1n) is 6.86. The van der Waals surface area contributed by atoms with E-state index in [0.29, 0.717) is 0 Å². The van der Waals surface area contributed by atoms with Crippen LogP contribution in [0.2, 0.25) is 0 Å². The van der Waals surface area contributed by atoms with Crippen LogP contribution in [-0.2, 0) is 13.0 Å². The van der Waals surface area contributed by atoms with Gasteiger partial charge in [-0.05, 0) is 57.5 Å². The second kappa shape index (κ2) is 7.04. The molecule has 19 heavy (non-hydrogen) atoms. The number of hydrogen-bond donors (Lipinski definition) is 1. The molecule has 0 bridgehead atoms. The first kappa shape index (κ1) is 13.7. The molecule has 0 fully saturated rings. The van der Waals surface area contributed by atoms with Gasteiger partial charge in [0, 0.05) is 24.6 Å². The van der Waals surface area contributed by atoms with Gasteiger partial charge in [0.25, 0.3) is 0 Å². The molecule has 2 heterocycles. The molecule has 2 aromatic heterocycles. The van der Waals surface area contributed by atoms with Crippen LogP contribution in [0.25, 0.3) is 0 Å². The standard InChI is InChI=1S/C15H22N4/c1-13-11-14(2)19(18-13)10-4-8-16-9-6-15-5-3-7-17-12-15/h3,5,7,11-12,16H,4,6,8-10H2,1-2H3. The zero-order valence-corrected chi connectivity index (χ0v) is 11.8. The fourth-order valence-electron chi connectivity index (χ4n) is 2.16. The van der Waals surface area contributed by atoms with Crippen molar-refractivity contribution in [3.05, 3.63) is 47.5 Å². The number of nitrogens with one attached hydrogen (secondary N) is 1. The predicted octanol–water partition coefficient (Wildman–Crippen LogP) is 2.12. The maximum absolute atomic E-state index is 4.46. The second-order valence-electron chi connectivity index (χ2n) is 4.87. The van der Waals surface area contributed by atoms with Gasteiger partial charge in [-0.15, -0.1) is 0 Å². The SMILES string of the molecule is Cc1cc(C)n(CCCNCCc2cccnc2)n1. The Bertz CT molecular complexity index is 490. The number of rotatable bonds is 7. The Labute approximate surface area is 114 Å². The number of hydrogen-bond acceptors (Lipinski definition) is 3. The van der Waals surface area contributed by atoms with Crippen LogP contribution in [0.5, 0.6) is 0 Å². The van der Waals surface area contributed by atoms with E-state index in [1.54, 1.807) is 0 Å². The molecule has 0 aliphatic rings. The van der Waals surface area contributed by atoms with Crippen molar-refractivity contribution in [1.29, 1.82) is 0 Å². The molecule has 0 saturated heterocycles. The van der Waals surface area contributed by atoms with E-state index in [1.807, 2.05) is 25.4 Å². The fourth-order valence-corrected chi connectivity index (χ4v) is 2.16. The highest BCUT2D eigenvalue weighted by Crippen LogP contribution is 2.02. The molecule has 0 amide bonds. The van der Waals surface area contributed by atoms with Crippen molar-refractivity contribution in [2.24, 2.45) is 0 Å². The molecule has 0 atom stereocenters.